The Balaban J connectivity index is 1.51. The number of aromatic nitrogens is 2. The van der Waals surface area contributed by atoms with Crippen molar-refractivity contribution in [1.29, 1.82) is 0 Å². The summed E-state index contributed by atoms with van der Waals surface area (Å²) in [6, 6.07) is 6.66. The van der Waals surface area contributed by atoms with Crippen LogP contribution in [0.25, 0.3) is 0 Å². The van der Waals surface area contributed by atoms with E-state index >= 15 is 0 Å². The third kappa shape index (κ3) is 4.72. The van der Waals surface area contributed by atoms with Crippen LogP contribution < -0.4 is 26.6 Å². The van der Waals surface area contributed by atoms with Gasteiger partial charge in [-0.25, -0.2) is 9.59 Å². The number of nitrogens with zero attached hydrogens (tertiary/aromatic N) is 1. The Labute approximate surface area is 143 Å². The molecule has 1 aliphatic carbocycles. The van der Waals surface area contributed by atoms with Gasteiger partial charge in [-0.1, -0.05) is 0 Å². The molecule has 0 spiro atoms. The molecule has 1 aliphatic rings. The first-order valence-electron chi connectivity index (χ1n) is 8.08. The summed E-state index contributed by atoms with van der Waals surface area (Å²) in [5.74, 6) is 1.46. The highest BCUT2D eigenvalue weighted by Crippen LogP contribution is 2.29. The van der Waals surface area contributed by atoms with Gasteiger partial charge in [-0.3, -0.25) is 9.78 Å². The van der Waals surface area contributed by atoms with Crippen molar-refractivity contribution < 1.29 is 9.53 Å². The van der Waals surface area contributed by atoms with Gasteiger partial charge in [0.2, 0.25) is 0 Å². The normalized spacial score (nSPS) is 13.3. The second-order valence-corrected chi connectivity index (χ2v) is 6.11. The van der Waals surface area contributed by atoms with E-state index in [4.69, 9.17) is 4.74 Å². The lowest BCUT2D eigenvalue weighted by atomic mass is 10.3. The van der Waals surface area contributed by atoms with E-state index in [-0.39, 0.29) is 6.54 Å². The number of aryl methyl sites for hydroxylation is 1. The maximum Gasteiger partial charge on any atom is 0.328 e. The van der Waals surface area contributed by atoms with E-state index in [0.717, 1.165) is 12.4 Å². The van der Waals surface area contributed by atoms with Crippen LogP contribution in [0.2, 0.25) is 0 Å². The molecular formula is C17H20N4O4. The van der Waals surface area contributed by atoms with E-state index in [9.17, 15) is 14.4 Å². The van der Waals surface area contributed by atoms with E-state index < -0.39 is 17.3 Å². The Kier molecular flexibility index (Phi) is 4.87. The number of nitrogens with one attached hydrogen (secondary N) is 3. The number of hydrogen-bond donors (Lipinski definition) is 3. The maximum atomic E-state index is 11.9. The number of carbonyl (C=O) groups excluding carboxylic acids is 1. The molecule has 1 heterocycles. The first-order valence-corrected chi connectivity index (χ1v) is 8.08. The number of hydrogen-bond acceptors (Lipinski definition) is 4. The van der Waals surface area contributed by atoms with E-state index in [0.29, 0.717) is 17.2 Å². The number of rotatable bonds is 6. The van der Waals surface area contributed by atoms with Crippen molar-refractivity contribution in [2.45, 2.75) is 19.4 Å². The topological polar surface area (TPSA) is 105 Å². The van der Waals surface area contributed by atoms with E-state index in [1.54, 1.807) is 24.3 Å². The minimum atomic E-state index is -0.513. The third-order valence-electron chi connectivity index (χ3n) is 3.92. The van der Waals surface area contributed by atoms with Gasteiger partial charge in [0, 0.05) is 18.9 Å². The number of amides is 2. The highest BCUT2D eigenvalue weighted by Gasteiger charge is 2.21. The monoisotopic (exact) mass is 344 g/mol. The smallest absolute Gasteiger partial charge is 0.328 e. The largest absolute Gasteiger partial charge is 0.493 e. The minimum Gasteiger partial charge on any atom is -0.493 e. The first kappa shape index (κ1) is 16.8. The Morgan fingerprint density at radius 3 is 2.68 bits per heavy atom. The summed E-state index contributed by atoms with van der Waals surface area (Å²) in [6.07, 6.45) is 3.86. The fourth-order valence-corrected chi connectivity index (χ4v) is 2.23. The zero-order valence-corrected chi connectivity index (χ0v) is 13.9. The van der Waals surface area contributed by atoms with Crippen LogP contribution in [-0.4, -0.2) is 22.2 Å². The lowest BCUT2D eigenvalue weighted by molar-refractivity contribution is 0.251. The van der Waals surface area contributed by atoms with Gasteiger partial charge in [0.05, 0.1) is 18.7 Å². The van der Waals surface area contributed by atoms with Crippen LogP contribution in [-0.2, 0) is 13.6 Å². The van der Waals surface area contributed by atoms with Crippen molar-refractivity contribution in [2.24, 2.45) is 13.0 Å². The lowest BCUT2D eigenvalue weighted by Crippen LogP contribution is -2.35. The molecule has 0 atom stereocenters. The third-order valence-corrected chi connectivity index (χ3v) is 3.92. The van der Waals surface area contributed by atoms with Crippen molar-refractivity contribution in [3.63, 3.8) is 0 Å². The molecule has 1 fully saturated rings. The number of benzene rings is 1. The average molecular weight is 344 g/mol. The molecule has 8 heteroatoms. The Hall–Kier alpha value is -3.03. The highest BCUT2D eigenvalue weighted by atomic mass is 16.5. The van der Waals surface area contributed by atoms with E-state index in [2.05, 4.69) is 15.6 Å². The molecule has 3 N–H and O–H groups in total. The van der Waals surface area contributed by atoms with Crippen molar-refractivity contribution in [3.8, 4) is 5.75 Å². The number of ether oxygens (including phenoxy) is 1. The van der Waals surface area contributed by atoms with Gasteiger partial charge in [-0.15, -0.1) is 0 Å². The van der Waals surface area contributed by atoms with Gasteiger partial charge in [0.1, 0.15) is 5.75 Å². The summed E-state index contributed by atoms with van der Waals surface area (Å²) >= 11 is 0. The predicted octanol–water partition coefficient (Wildman–Crippen LogP) is 1.18. The molecule has 1 aromatic heterocycles. The molecule has 0 bridgehead atoms. The Morgan fingerprint density at radius 2 is 2.00 bits per heavy atom. The zero-order valence-electron chi connectivity index (χ0n) is 13.9. The number of carbonyl (C=O) groups is 1. The summed E-state index contributed by atoms with van der Waals surface area (Å²) in [4.78, 5) is 37.0. The molecule has 1 aromatic carbocycles. The van der Waals surface area contributed by atoms with Crippen LogP contribution in [0, 0.1) is 5.92 Å². The van der Waals surface area contributed by atoms with E-state index in [1.165, 1.54) is 30.7 Å². The van der Waals surface area contributed by atoms with Gasteiger partial charge in [-0.05, 0) is 43.0 Å². The molecule has 3 rings (SSSR count). The van der Waals surface area contributed by atoms with Crippen molar-refractivity contribution >= 4 is 11.7 Å². The Bertz CT molecular complexity index is 865. The summed E-state index contributed by atoms with van der Waals surface area (Å²) in [6.45, 7) is 0.749. The molecular weight excluding hydrogens is 324 g/mol. The molecule has 132 valence electrons. The molecule has 1 saturated carbocycles. The maximum absolute atomic E-state index is 11.9. The Morgan fingerprint density at radius 1 is 1.28 bits per heavy atom. The van der Waals surface area contributed by atoms with Crippen LogP contribution in [0.15, 0.2) is 40.1 Å². The molecule has 25 heavy (non-hydrogen) atoms. The average Bonchev–Trinajstić information content (AvgIpc) is 3.41. The van der Waals surface area contributed by atoms with Crippen LogP contribution in [0.4, 0.5) is 10.5 Å². The van der Waals surface area contributed by atoms with Gasteiger partial charge < -0.3 is 19.9 Å². The molecule has 2 aromatic rings. The van der Waals surface area contributed by atoms with Crippen LogP contribution >= 0.6 is 0 Å². The van der Waals surface area contributed by atoms with Crippen molar-refractivity contribution in [2.75, 3.05) is 11.9 Å². The quantitative estimate of drug-likeness (QED) is 0.732. The number of H-pyrrole nitrogens is 1. The van der Waals surface area contributed by atoms with Gasteiger partial charge >= 0.3 is 11.7 Å². The standard InChI is InChI=1S/C17H20N4O4/c1-21-9-12(15(22)20-17(21)24)8-18-16(23)19-13-4-6-14(7-5-13)25-10-11-2-3-11/h4-7,9,11H,2-3,8,10H2,1H3,(H2,18,19,23)(H,20,22,24). The fraction of sp³-hybridized carbons (Fsp3) is 0.353. The SMILES string of the molecule is Cn1cc(CNC(=O)Nc2ccc(OCC3CC3)cc2)c(=O)[nH]c1=O. The molecule has 8 nitrogen and oxygen atoms in total. The second kappa shape index (κ2) is 7.25. The van der Waals surface area contributed by atoms with Crippen LogP contribution in [0.5, 0.6) is 5.75 Å². The van der Waals surface area contributed by atoms with Gasteiger partial charge in [0.15, 0.2) is 0 Å². The van der Waals surface area contributed by atoms with Crippen molar-refractivity contribution in [3.05, 3.63) is 56.9 Å². The summed E-state index contributed by atoms with van der Waals surface area (Å²) < 4.78 is 6.88. The summed E-state index contributed by atoms with van der Waals surface area (Å²) in [5, 5.41) is 5.26. The predicted molar refractivity (Wildman–Crippen MR) is 92.8 cm³/mol. The molecule has 0 aliphatic heterocycles. The molecule has 0 saturated heterocycles. The molecule has 0 unspecified atom stereocenters. The van der Waals surface area contributed by atoms with Crippen LogP contribution in [0.3, 0.4) is 0 Å². The number of urea groups is 1. The number of aromatic amines is 1. The number of anilines is 1. The molecule has 2 amide bonds. The van der Waals surface area contributed by atoms with Crippen LogP contribution in [0.1, 0.15) is 18.4 Å². The lowest BCUT2D eigenvalue weighted by Gasteiger charge is -2.09. The summed E-state index contributed by atoms with van der Waals surface area (Å²) in [7, 11) is 1.52. The molecule has 0 radical (unpaired) electrons. The van der Waals surface area contributed by atoms with Gasteiger partial charge in [-0.2, -0.15) is 0 Å². The van der Waals surface area contributed by atoms with Crippen molar-refractivity contribution in [1.82, 2.24) is 14.9 Å². The fourth-order valence-electron chi connectivity index (χ4n) is 2.23. The highest BCUT2D eigenvalue weighted by molar-refractivity contribution is 5.89. The first-order chi connectivity index (χ1) is 12.0. The van der Waals surface area contributed by atoms with E-state index in [1.807, 2.05) is 0 Å². The second-order valence-electron chi connectivity index (χ2n) is 6.11. The zero-order chi connectivity index (χ0) is 17.8. The van der Waals surface area contributed by atoms with Gasteiger partial charge in [0.25, 0.3) is 5.56 Å². The minimum absolute atomic E-state index is 0.0118. The summed E-state index contributed by atoms with van der Waals surface area (Å²) in [5.41, 5.74) is -0.102.